The van der Waals surface area contributed by atoms with E-state index < -0.39 is 11.7 Å². The number of hydrogen-bond acceptors (Lipinski definition) is 6. The van der Waals surface area contributed by atoms with E-state index in [4.69, 9.17) is 4.74 Å². The number of hydrogen-bond donors (Lipinski definition) is 2. The summed E-state index contributed by atoms with van der Waals surface area (Å²) in [6.45, 7) is 5.94. The number of thiophene rings is 1. The molecular weight excluding hydrogens is 280 g/mol. The number of nitrogens with one attached hydrogen (secondary N) is 2. The van der Waals surface area contributed by atoms with Gasteiger partial charge in [-0.1, -0.05) is 0 Å². The number of ether oxygens (including phenoxy) is 2. The van der Waals surface area contributed by atoms with Crippen LogP contribution in [0.1, 0.15) is 35.3 Å². The number of rotatable bonds is 5. The lowest BCUT2D eigenvalue weighted by Gasteiger charge is -2.19. The summed E-state index contributed by atoms with van der Waals surface area (Å²) < 4.78 is 9.70. The van der Waals surface area contributed by atoms with Gasteiger partial charge in [-0.25, -0.2) is 15.0 Å². The highest BCUT2D eigenvalue weighted by Crippen LogP contribution is 2.17. The molecule has 20 heavy (non-hydrogen) atoms. The molecule has 0 radical (unpaired) electrons. The molecule has 2 N–H and O–H groups in total. The number of methoxy groups -OCH3 is 1. The smallest absolute Gasteiger partial charge is 0.422 e. The van der Waals surface area contributed by atoms with Crippen molar-refractivity contribution in [3.05, 3.63) is 21.9 Å². The SMILES string of the molecule is COC(=O)c1ccc(CCNNC(=O)OC(C)(C)C)s1. The fraction of sp³-hybridized carbons (Fsp3) is 0.538. The van der Waals surface area contributed by atoms with Crippen molar-refractivity contribution in [2.24, 2.45) is 0 Å². The third-order valence-electron chi connectivity index (χ3n) is 2.13. The molecule has 0 aliphatic heterocycles. The highest BCUT2D eigenvalue weighted by Gasteiger charge is 2.15. The zero-order chi connectivity index (χ0) is 15.2. The first-order chi connectivity index (χ1) is 9.31. The van der Waals surface area contributed by atoms with Crippen molar-refractivity contribution in [1.29, 1.82) is 0 Å². The lowest BCUT2D eigenvalue weighted by Crippen LogP contribution is -2.41. The lowest BCUT2D eigenvalue weighted by molar-refractivity contribution is 0.0498. The third-order valence-corrected chi connectivity index (χ3v) is 3.26. The van der Waals surface area contributed by atoms with Crippen LogP contribution in [0.4, 0.5) is 4.79 Å². The van der Waals surface area contributed by atoms with E-state index >= 15 is 0 Å². The fourth-order valence-corrected chi connectivity index (χ4v) is 2.27. The Kier molecular flexibility index (Phi) is 5.97. The van der Waals surface area contributed by atoms with Gasteiger partial charge in [-0.3, -0.25) is 5.43 Å². The Labute approximate surface area is 122 Å². The van der Waals surface area contributed by atoms with E-state index in [9.17, 15) is 9.59 Å². The van der Waals surface area contributed by atoms with Crippen LogP contribution in [-0.2, 0) is 15.9 Å². The summed E-state index contributed by atoms with van der Waals surface area (Å²) in [5, 5.41) is 0. The van der Waals surface area contributed by atoms with E-state index in [-0.39, 0.29) is 5.97 Å². The summed E-state index contributed by atoms with van der Waals surface area (Å²) in [6, 6.07) is 3.60. The van der Waals surface area contributed by atoms with Crippen molar-refractivity contribution in [1.82, 2.24) is 10.9 Å². The third kappa shape index (κ3) is 6.03. The second kappa shape index (κ2) is 7.25. The molecule has 6 nitrogen and oxygen atoms in total. The maximum absolute atomic E-state index is 11.3. The predicted molar refractivity (Wildman–Crippen MR) is 76.7 cm³/mol. The number of carbonyl (C=O) groups is 2. The van der Waals surface area contributed by atoms with Gasteiger partial charge in [0, 0.05) is 11.4 Å². The molecule has 0 aromatic carbocycles. The number of esters is 1. The van der Waals surface area contributed by atoms with Gasteiger partial charge in [0.15, 0.2) is 0 Å². The Hall–Kier alpha value is -1.60. The Morgan fingerprint density at radius 3 is 2.60 bits per heavy atom. The summed E-state index contributed by atoms with van der Waals surface area (Å²) in [4.78, 5) is 24.2. The van der Waals surface area contributed by atoms with Gasteiger partial charge in [0.2, 0.25) is 0 Å². The largest absolute Gasteiger partial charge is 0.465 e. The Morgan fingerprint density at radius 1 is 1.30 bits per heavy atom. The van der Waals surface area contributed by atoms with Crippen molar-refractivity contribution in [3.8, 4) is 0 Å². The number of carbonyl (C=O) groups excluding carboxylic acids is 2. The van der Waals surface area contributed by atoms with E-state index in [1.54, 1.807) is 26.8 Å². The van der Waals surface area contributed by atoms with Crippen LogP contribution in [0.3, 0.4) is 0 Å². The van der Waals surface area contributed by atoms with Gasteiger partial charge in [0.1, 0.15) is 10.5 Å². The minimum absolute atomic E-state index is 0.332. The quantitative estimate of drug-likeness (QED) is 0.495. The van der Waals surface area contributed by atoms with Crippen LogP contribution in [0.25, 0.3) is 0 Å². The molecule has 0 aliphatic carbocycles. The van der Waals surface area contributed by atoms with Crippen molar-refractivity contribution in [3.63, 3.8) is 0 Å². The van der Waals surface area contributed by atoms with Crippen LogP contribution in [0.2, 0.25) is 0 Å². The van der Waals surface area contributed by atoms with Crippen LogP contribution in [0.15, 0.2) is 12.1 Å². The van der Waals surface area contributed by atoms with Crippen molar-refractivity contribution < 1.29 is 19.1 Å². The molecule has 0 unspecified atom stereocenters. The molecule has 0 aliphatic rings. The van der Waals surface area contributed by atoms with Crippen molar-refractivity contribution in [2.75, 3.05) is 13.7 Å². The summed E-state index contributed by atoms with van der Waals surface area (Å²) in [6.07, 6.45) is 0.177. The van der Waals surface area contributed by atoms with Crippen molar-refractivity contribution in [2.45, 2.75) is 32.8 Å². The van der Waals surface area contributed by atoms with E-state index in [0.29, 0.717) is 17.8 Å². The maximum Gasteiger partial charge on any atom is 0.422 e. The minimum atomic E-state index is -0.519. The standard InChI is InChI=1S/C13H20N2O4S/c1-13(2,3)19-12(17)15-14-8-7-9-5-6-10(20-9)11(16)18-4/h5-6,14H,7-8H2,1-4H3,(H,15,17). The molecule has 0 fully saturated rings. The second-order valence-corrected chi connectivity index (χ2v) is 6.23. The van der Waals surface area contributed by atoms with Gasteiger partial charge >= 0.3 is 12.1 Å². The van der Waals surface area contributed by atoms with Crippen LogP contribution in [-0.4, -0.2) is 31.3 Å². The van der Waals surface area contributed by atoms with E-state index in [1.165, 1.54) is 18.4 Å². The summed E-state index contributed by atoms with van der Waals surface area (Å²) >= 11 is 1.38. The molecule has 1 amide bonds. The highest BCUT2D eigenvalue weighted by atomic mass is 32.1. The predicted octanol–water partition coefficient (Wildman–Crippen LogP) is 2.11. The lowest BCUT2D eigenvalue weighted by atomic mass is 10.2. The van der Waals surface area contributed by atoms with Crippen LogP contribution in [0.5, 0.6) is 0 Å². The molecule has 0 spiro atoms. The second-order valence-electron chi connectivity index (χ2n) is 5.06. The molecule has 1 heterocycles. The monoisotopic (exact) mass is 300 g/mol. The minimum Gasteiger partial charge on any atom is -0.465 e. The van der Waals surface area contributed by atoms with E-state index in [0.717, 1.165) is 4.88 Å². The summed E-state index contributed by atoms with van der Waals surface area (Å²) in [5.74, 6) is -0.332. The van der Waals surface area contributed by atoms with E-state index in [2.05, 4.69) is 15.6 Å². The molecule has 0 atom stereocenters. The van der Waals surface area contributed by atoms with Crippen molar-refractivity contribution >= 4 is 23.4 Å². The van der Waals surface area contributed by atoms with Crippen LogP contribution >= 0.6 is 11.3 Å². The Balaban J connectivity index is 2.26. The molecule has 0 bridgehead atoms. The van der Waals surface area contributed by atoms with Gasteiger partial charge in [0.05, 0.1) is 7.11 Å². The molecule has 0 saturated heterocycles. The fourth-order valence-electron chi connectivity index (χ4n) is 1.35. The topological polar surface area (TPSA) is 76.7 Å². The van der Waals surface area contributed by atoms with Gasteiger partial charge < -0.3 is 9.47 Å². The van der Waals surface area contributed by atoms with Gasteiger partial charge in [-0.05, 0) is 39.3 Å². The maximum atomic E-state index is 11.3. The number of hydrazine groups is 1. The molecule has 1 aromatic rings. The molecule has 7 heteroatoms. The zero-order valence-electron chi connectivity index (χ0n) is 12.1. The first-order valence-electron chi connectivity index (χ1n) is 6.20. The van der Waals surface area contributed by atoms with Gasteiger partial charge in [0.25, 0.3) is 0 Å². The van der Waals surface area contributed by atoms with Gasteiger partial charge in [-0.2, -0.15) is 0 Å². The van der Waals surface area contributed by atoms with Crippen LogP contribution in [0, 0.1) is 0 Å². The normalized spacial score (nSPS) is 11.0. The molecule has 112 valence electrons. The molecule has 1 aromatic heterocycles. The molecule has 0 saturated carbocycles. The number of amides is 1. The first-order valence-corrected chi connectivity index (χ1v) is 7.02. The van der Waals surface area contributed by atoms with E-state index in [1.807, 2.05) is 6.07 Å². The van der Waals surface area contributed by atoms with Gasteiger partial charge in [-0.15, -0.1) is 11.3 Å². The first kappa shape index (κ1) is 16.5. The summed E-state index contributed by atoms with van der Waals surface area (Å²) in [7, 11) is 1.36. The van der Waals surface area contributed by atoms with Crippen LogP contribution < -0.4 is 10.9 Å². The highest BCUT2D eigenvalue weighted by molar-refractivity contribution is 7.13. The summed E-state index contributed by atoms with van der Waals surface area (Å²) in [5.41, 5.74) is 4.71. The Bertz CT molecular complexity index is 465. The molecule has 1 rings (SSSR count). The average Bonchev–Trinajstić information content (AvgIpc) is 2.80. The molecular formula is C13H20N2O4S. The zero-order valence-corrected chi connectivity index (χ0v) is 12.9. The Morgan fingerprint density at radius 2 is 2.00 bits per heavy atom. The average molecular weight is 300 g/mol.